The van der Waals surface area contributed by atoms with E-state index in [-0.39, 0.29) is 17.6 Å². The molecule has 2 aromatic rings. The fourth-order valence-electron chi connectivity index (χ4n) is 4.14. The molecule has 1 N–H and O–H groups in total. The maximum atomic E-state index is 13.3. The molecule has 1 amide bonds. The molecule has 1 aliphatic heterocycles. The number of hydrogen-bond donors (Lipinski definition) is 1. The number of nitrogens with one attached hydrogen (secondary N) is 1. The second-order valence-corrected chi connectivity index (χ2v) is 10.3. The first-order valence-electron chi connectivity index (χ1n) is 10.4. The summed E-state index contributed by atoms with van der Waals surface area (Å²) >= 11 is 6.06. The van der Waals surface area contributed by atoms with Gasteiger partial charge < -0.3 is 10.1 Å². The molecule has 31 heavy (non-hydrogen) atoms. The molecule has 0 spiro atoms. The lowest BCUT2D eigenvalue weighted by Crippen LogP contribution is -2.51. The zero-order valence-electron chi connectivity index (χ0n) is 18.3. The number of ether oxygens (including phenoxy) is 1. The van der Waals surface area contributed by atoms with E-state index in [1.165, 1.54) is 6.07 Å². The predicted octanol–water partition coefficient (Wildman–Crippen LogP) is 4.69. The zero-order valence-corrected chi connectivity index (χ0v) is 19.8. The van der Waals surface area contributed by atoms with Crippen molar-refractivity contribution >= 4 is 33.2 Å². The van der Waals surface area contributed by atoms with Crippen LogP contribution in [0.2, 0.25) is 5.02 Å². The lowest BCUT2D eigenvalue weighted by atomic mass is 9.83. The lowest BCUT2D eigenvalue weighted by Gasteiger charge is -2.42. The van der Waals surface area contributed by atoms with Crippen LogP contribution < -0.4 is 14.4 Å². The van der Waals surface area contributed by atoms with Crippen LogP contribution in [0.1, 0.15) is 51.6 Å². The van der Waals surface area contributed by atoms with Crippen molar-refractivity contribution in [3.05, 3.63) is 59.1 Å². The molecule has 6 nitrogen and oxygen atoms in total. The number of amides is 1. The smallest absolute Gasteiger partial charge is 0.244 e. The van der Waals surface area contributed by atoms with Crippen molar-refractivity contribution in [2.75, 3.05) is 10.6 Å². The van der Waals surface area contributed by atoms with Crippen LogP contribution in [0.5, 0.6) is 5.75 Å². The molecule has 2 aromatic carbocycles. The molecule has 0 saturated carbocycles. The van der Waals surface area contributed by atoms with Gasteiger partial charge in [-0.2, -0.15) is 0 Å². The molecule has 0 unspecified atom stereocenters. The van der Waals surface area contributed by atoms with Gasteiger partial charge in [0.1, 0.15) is 17.4 Å². The predicted molar refractivity (Wildman–Crippen MR) is 124 cm³/mol. The van der Waals surface area contributed by atoms with Crippen LogP contribution in [0.25, 0.3) is 0 Å². The number of para-hydroxylation sites is 1. The van der Waals surface area contributed by atoms with Gasteiger partial charge >= 0.3 is 0 Å². The average Bonchev–Trinajstić information content (AvgIpc) is 2.72. The third kappa shape index (κ3) is 4.99. The van der Waals surface area contributed by atoms with Crippen molar-refractivity contribution in [2.45, 2.75) is 57.7 Å². The average molecular weight is 465 g/mol. The molecule has 1 heterocycles. The summed E-state index contributed by atoms with van der Waals surface area (Å²) < 4.78 is 32.5. The first-order chi connectivity index (χ1) is 14.6. The number of fused-ring (bicyclic) bond motifs is 1. The third-order valence-electron chi connectivity index (χ3n) is 5.95. The number of carbonyl (C=O) groups excluding carboxylic acids is 1. The number of benzene rings is 2. The minimum Gasteiger partial charge on any atom is -0.487 e. The van der Waals surface area contributed by atoms with Crippen molar-refractivity contribution in [3.8, 4) is 5.75 Å². The molecule has 8 heteroatoms. The Hall–Kier alpha value is -2.25. The van der Waals surface area contributed by atoms with Crippen LogP contribution in [0.3, 0.4) is 0 Å². The standard InChI is InChI=1S/C23H29ClN2O4S/c1-5-23(6-2)15-20(19-12-7-8-13-21(19)30-23)25-22(27)16(3)26(31(4,28)29)18-11-9-10-17(24)14-18/h7-14,16,20H,5-6,15H2,1-4H3,(H,25,27)/t16-,20+/m1/s1. The molecule has 0 radical (unpaired) electrons. The Morgan fingerprint density at radius 3 is 2.52 bits per heavy atom. The molecule has 0 saturated heterocycles. The molecule has 1 aliphatic rings. The Morgan fingerprint density at radius 2 is 1.90 bits per heavy atom. The van der Waals surface area contributed by atoms with E-state index < -0.39 is 16.1 Å². The van der Waals surface area contributed by atoms with Gasteiger partial charge in [0.05, 0.1) is 18.0 Å². The summed E-state index contributed by atoms with van der Waals surface area (Å²) in [6.07, 6.45) is 3.31. The minimum absolute atomic E-state index is 0.277. The summed E-state index contributed by atoms with van der Waals surface area (Å²) in [4.78, 5) is 13.3. The van der Waals surface area contributed by atoms with Gasteiger partial charge in [-0.05, 0) is 44.0 Å². The number of rotatable bonds is 7. The van der Waals surface area contributed by atoms with Gasteiger partial charge in [-0.3, -0.25) is 9.10 Å². The number of nitrogens with zero attached hydrogens (tertiary/aromatic N) is 1. The van der Waals surface area contributed by atoms with Gasteiger partial charge in [0.15, 0.2) is 0 Å². The van der Waals surface area contributed by atoms with E-state index in [1.807, 2.05) is 24.3 Å². The molecule has 0 bridgehead atoms. The highest BCUT2D eigenvalue weighted by Crippen LogP contribution is 2.42. The molecule has 0 fully saturated rings. The fourth-order valence-corrected chi connectivity index (χ4v) is 5.50. The van der Waals surface area contributed by atoms with E-state index in [4.69, 9.17) is 16.3 Å². The molecular formula is C23H29ClN2O4S. The number of sulfonamides is 1. The molecule has 0 aromatic heterocycles. The van der Waals surface area contributed by atoms with Gasteiger partial charge in [0.25, 0.3) is 0 Å². The Kier molecular flexibility index (Phi) is 6.86. The van der Waals surface area contributed by atoms with Crippen molar-refractivity contribution in [2.24, 2.45) is 0 Å². The maximum absolute atomic E-state index is 13.3. The van der Waals surface area contributed by atoms with Gasteiger partial charge in [-0.1, -0.05) is 49.7 Å². The highest BCUT2D eigenvalue weighted by atomic mass is 35.5. The normalized spacial score (nSPS) is 18.4. The summed E-state index contributed by atoms with van der Waals surface area (Å²) in [5.74, 6) is 0.374. The van der Waals surface area contributed by atoms with E-state index >= 15 is 0 Å². The zero-order chi connectivity index (χ0) is 22.8. The largest absolute Gasteiger partial charge is 0.487 e. The summed E-state index contributed by atoms with van der Waals surface area (Å²) in [6.45, 7) is 5.72. The summed E-state index contributed by atoms with van der Waals surface area (Å²) in [5.41, 5.74) is 0.870. The van der Waals surface area contributed by atoms with Crippen LogP contribution >= 0.6 is 11.6 Å². The summed E-state index contributed by atoms with van der Waals surface area (Å²) in [7, 11) is -3.72. The van der Waals surface area contributed by atoms with E-state index in [0.29, 0.717) is 17.1 Å². The van der Waals surface area contributed by atoms with Crippen molar-refractivity contribution in [1.29, 1.82) is 0 Å². The van der Waals surface area contributed by atoms with Crippen LogP contribution in [-0.4, -0.2) is 32.2 Å². The molecule has 0 aliphatic carbocycles. The van der Waals surface area contributed by atoms with Crippen molar-refractivity contribution in [3.63, 3.8) is 0 Å². The third-order valence-corrected chi connectivity index (χ3v) is 7.43. The summed E-state index contributed by atoms with van der Waals surface area (Å²) in [6, 6.07) is 12.9. The second kappa shape index (κ2) is 9.09. The number of carbonyl (C=O) groups is 1. The second-order valence-electron chi connectivity index (χ2n) is 8.01. The van der Waals surface area contributed by atoms with Gasteiger partial charge in [-0.15, -0.1) is 0 Å². The molecule has 2 atom stereocenters. The first kappa shape index (κ1) is 23.4. The van der Waals surface area contributed by atoms with Crippen LogP contribution in [0.15, 0.2) is 48.5 Å². The van der Waals surface area contributed by atoms with Crippen molar-refractivity contribution < 1.29 is 17.9 Å². The van der Waals surface area contributed by atoms with E-state index in [1.54, 1.807) is 25.1 Å². The maximum Gasteiger partial charge on any atom is 0.244 e. The summed E-state index contributed by atoms with van der Waals surface area (Å²) in [5, 5.41) is 3.47. The Balaban J connectivity index is 1.91. The topological polar surface area (TPSA) is 75.7 Å². The first-order valence-corrected chi connectivity index (χ1v) is 12.7. The quantitative estimate of drug-likeness (QED) is 0.644. The van der Waals surface area contributed by atoms with Crippen molar-refractivity contribution in [1.82, 2.24) is 5.32 Å². The SMILES string of the molecule is CCC1(CC)C[C@H](NC(=O)[C@@H](C)N(c2cccc(Cl)c2)S(C)(=O)=O)c2ccccc2O1. The highest BCUT2D eigenvalue weighted by Gasteiger charge is 2.40. The van der Waals surface area contributed by atoms with E-state index in [9.17, 15) is 13.2 Å². The van der Waals surface area contributed by atoms with Crippen LogP contribution in [-0.2, 0) is 14.8 Å². The van der Waals surface area contributed by atoms with Gasteiger partial charge in [-0.25, -0.2) is 8.42 Å². The van der Waals surface area contributed by atoms with Crippen LogP contribution in [0.4, 0.5) is 5.69 Å². The lowest BCUT2D eigenvalue weighted by molar-refractivity contribution is -0.123. The van der Waals surface area contributed by atoms with Crippen LogP contribution in [0, 0.1) is 0 Å². The fraction of sp³-hybridized carbons (Fsp3) is 0.435. The number of hydrogen-bond acceptors (Lipinski definition) is 4. The number of halogens is 1. The van der Waals surface area contributed by atoms with E-state index in [2.05, 4.69) is 19.2 Å². The molecule has 3 rings (SSSR count). The number of anilines is 1. The van der Waals surface area contributed by atoms with E-state index in [0.717, 1.165) is 34.7 Å². The van der Waals surface area contributed by atoms with Gasteiger partial charge in [0, 0.05) is 17.0 Å². The molecular weight excluding hydrogens is 436 g/mol. The Labute approximate surface area is 189 Å². The Bertz CT molecular complexity index is 1050. The highest BCUT2D eigenvalue weighted by molar-refractivity contribution is 7.92. The Morgan fingerprint density at radius 1 is 1.23 bits per heavy atom. The van der Waals surface area contributed by atoms with Gasteiger partial charge in [0.2, 0.25) is 15.9 Å². The molecule has 168 valence electrons. The monoisotopic (exact) mass is 464 g/mol. The minimum atomic E-state index is -3.72.